The largest absolute Gasteiger partial charge is 0.480 e. The first-order valence-corrected chi connectivity index (χ1v) is 5.71. The van der Waals surface area contributed by atoms with E-state index < -0.39 is 5.97 Å². The van der Waals surface area contributed by atoms with Gasteiger partial charge in [0.15, 0.2) is 0 Å². The first-order valence-electron chi connectivity index (χ1n) is 5.71. The molecule has 2 rings (SSSR count). The highest BCUT2D eigenvalue weighted by Crippen LogP contribution is 2.41. The second-order valence-corrected chi connectivity index (χ2v) is 4.75. The summed E-state index contributed by atoms with van der Waals surface area (Å²) in [5, 5.41) is 11.7. The first-order chi connectivity index (χ1) is 6.75. The van der Waals surface area contributed by atoms with Crippen LogP contribution in [0, 0.1) is 11.8 Å². The third-order valence-electron chi connectivity index (χ3n) is 3.78. The first kappa shape index (κ1) is 9.97. The summed E-state index contributed by atoms with van der Waals surface area (Å²) in [5.74, 6) is 1.03. The molecule has 2 saturated carbocycles. The fourth-order valence-corrected chi connectivity index (χ4v) is 3.13. The summed E-state index contributed by atoms with van der Waals surface area (Å²) in [6.07, 6.45) is 7.92. The summed E-state index contributed by atoms with van der Waals surface area (Å²) in [6, 6.07) is 0.471. The Labute approximate surface area is 84.9 Å². The van der Waals surface area contributed by atoms with E-state index in [1.165, 1.54) is 38.5 Å². The molecule has 0 spiro atoms. The van der Waals surface area contributed by atoms with Crippen LogP contribution < -0.4 is 5.32 Å². The van der Waals surface area contributed by atoms with Crippen LogP contribution in [0.2, 0.25) is 0 Å². The number of carboxylic acid groups (broad SMARTS) is 1. The number of carbonyl (C=O) groups is 1. The minimum atomic E-state index is -0.736. The summed E-state index contributed by atoms with van der Waals surface area (Å²) in [7, 11) is 0. The molecule has 0 radical (unpaired) electrons. The van der Waals surface area contributed by atoms with Crippen LogP contribution in [-0.2, 0) is 4.79 Å². The van der Waals surface area contributed by atoms with Crippen molar-refractivity contribution in [2.24, 2.45) is 11.8 Å². The van der Waals surface area contributed by atoms with Crippen LogP contribution in [0.3, 0.4) is 0 Å². The Morgan fingerprint density at radius 2 is 1.79 bits per heavy atom. The average Bonchev–Trinajstić information content (AvgIpc) is 2.57. The molecule has 0 heterocycles. The van der Waals surface area contributed by atoms with E-state index in [0.29, 0.717) is 6.04 Å². The summed E-state index contributed by atoms with van der Waals surface area (Å²) >= 11 is 0. The van der Waals surface area contributed by atoms with Crippen molar-refractivity contribution in [1.82, 2.24) is 5.32 Å². The molecule has 14 heavy (non-hydrogen) atoms. The number of aliphatic carboxylic acids is 1. The second-order valence-electron chi connectivity index (χ2n) is 4.75. The lowest BCUT2D eigenvalue weighted by molar-refractivity contribution is -0.136. The van der Waals surface area contributed by atoms with Gasteiger partial charge in [0.2, 0.25) is 0 Å². The number of hydrogen-bond acceptors (Lipinski definition) is 2. The molecule has 0 bridgehead atoms. The standard InChI is InChI=1S/C11H19NO2/c13-11(14)7-12-10-5-8-3-1-2-4-9(8)6-10/h8-10,12H,1-7H2,(H,13,14). The molecule has 3 nitrogen and oxygen atoms in total. The van der Waals surface area contributed by atoms with Gasteiger partial charge in [0.25, 0.3) is 0 Å². The number of rotatable bonds is 3. The van der Waals surface area contributed by atoms with Crippen LogP contribution >= 0.6 is 0 Å². The highest BCUT2D eigenvalue weighted by atomic mass is 16.4. The van der Waals surface area contributed by atoms with E-state index in [-0.39, 0.29) is 6.54 Å². The zero-order valence-corrected chi connectivity index (χ0v) is 8.54. The molecule has 0 aliphatic heterocycles. The van der Waals surface area contributed by atoms with Gasteiger partial charge in [-0.3, -0.25) is 4.79 Å². The average molecular weight is 197 g/mol. The molecule has 0 saturated heterocycles. The molecule has 2 N–H and O–H groups in total. The number of fused-ring (bicyclic) bond motifs is 1. The van der Waals surface area contributed by atoms with E-state index in [9.17, 15) is 4.79 Å². The fraction of sp³-hybridized carbons (Fsp3) is 0.909. The van der Waals surface area contributed by atoms with Crippen molar-refractivity contribution in [1.29, 1.82) is 0 Å². The molecule has 0 aromatic rings. The van der Waals surface area contributed by atoms with Gasteiger partial charge < -0.3 is 10.4 Å². The Morgan fingerprint density at radius 1 is 1.21 bits per heavy atom. The Balaban J connectivity index is 1.78. The molecule has 0 aromatic heterocycles. The van der Waals surface area contributed by atoms with Crippen LogP contribution in [-0.4, -0.2) is 23.7 Å². The predicted molar refractivity (Wildman–Crippen MR) is 54.1 cm³/mol. The van der Waals surface area contributed by atoms with Crippen molar-refractivity contribution < 1.29 is 9.90 Å². The van der Waals surface area contributed by atoms with Gasteiger partial charge in [-0.2, -0.15) is 0 Å². The molecule has 2 unspecified atom stereocenters. The van der Waals surface area contributed by atoms with E-state index in [1.807, 2.05) is 0 Å². The van der Waals surface area contributed by atoms with E-state index in [2.05, 4.69) is 5.32 Å². The maximum atomic E-state index is 10.4. The number of nitrogens with one attached hydrogen (secondary N) is 1. The molecule has 3 heteroatoms. The Morgan fingerprint density at radius 3 is 2.29 bits per heavy atom. The van der Waals surface area contributed by atoms with Crippen molar-refractivity contribution in [3.63, 3.8) is 0 Å². The molecule has 2 atom stereocenters. The molecule has 2 fully saturated rings. The van der Waals surface area contributed by atoms with Crippen molar-refractivity contribution in [3.05, 3.63) is 0 Å². The lowest BCUT2D eigenvalue weighted by atomic mass is 9.82. The topological polar surface area (TPSA) is 49.3 Å². The fourth-order valence-electron chi connectivity index (χ4n) is 3.13. The van der Waals surface area contributed by atoms with E-state index >= 15 is 0 Å². The molecule has 2 aliphatic carbocycles. The molecule has 80 valence electrons. The number of carboxylic acids is 1. The normalized spacial score (nSPS) is 36.7. The van der Waals surface area contributed by atoms with Crippen molar-refractivity contribution in [2.75, 3.05) is 6.54 Å². The van der Waals surface area contributed by atoms with Crippen molar-refractivity contribution >= 4 is 5.97 Å². The lowest BCUT2D eigenvalue weighted by Gasteiger charge is -2.24. The Kier molecular flexibility index (Phi) is 3.06. The van der Waals surface area contributed by atoms with Crippen LogP contribution in [0.5, 0.6) is 0 Å². The van der Waals surface area contributed by atoms with Gasteiger partial charge in [-0.25, -0.2) is 0 Å². The van der Waals surface area contributed by atoms with E-state index in [4.69, 9.17) is 5.11 Å². The third-order valence-corrected chi connectivity index (χ3v) is 3.78. The van der Waals surface area contributed by atoms with Crippen LogP contribution in [0.25, 0.3) is 0 Å². The van der Waals surface area contributed by atoms with Crippen LogP contribution in [0.1, 0.15) is 38.5 Å². The Hall–Kier alpha value is -0.570. The monoisotopic (exact) mass is 197 g/mol. The number of hydrogen-bond donors (Lipinski definition) is 2. The zero-order valence-electron chi connectivity index (χ0n) is 8.54. The maximum Gasteiger partial charge on any atom is 0.317 e. The summed E-state index contributed by atoms with van der Waals surface area (Å²) < 4.78 is 0. The molecule has 2 aliphatic rings. The van der Waals surface area contributed by atoms with Crippen molar-refractivity contribution in [2.45, 2.75) is 44.6 Å². The summed E-state index contributed by atoms with van der Waals surface area (Å²) in [4.78, 5) is 10.4. The predicted octanol–water partition coefficient (Wildman–Crippen LogP) is 1.63. The lowest BCUT2D eigenvalue weighted by Crippen LogP contribution is -2.31. The molecular weight excluding hydrogens is 178 g/mol. The van der Waals surface area contributed by atoms with Gasteiger partial charge in [0.05, 0.1) is 6.54 Å². The zero-order chi connectivity index (χ0) is 9.97. The van der Waals surface area contributed by atoms with E-state index in [1.54, 1.807) is 0 Å². The molecule has 0 aromatic carbocycles. The summed E-state index contributed by atoms with van der Waals surface area (Å²) in [5.41, 5.74) is 0. The van der Waals surface area contributed by atoms with Gasteiger partial charge >= 0.3 is 5.97 Å². The smallest absolute Gasteiger partial charge is 0.317 e. The highest BCUT2D eigenvalue weighted by molar-refractivity contribution is 5.69. The quantitative estimate of drug-likeness (QED) is 0.723. The SMILES string of the molecule is O=C(O)CNC1CC2CCCCC2C1. The van der Waals surface area contributed by atoms with Crippen LogP contribution in [0.4, 0.5) is 0 Å². The molecule has 0 amide bonds. The Bertz CT molecular complexity index is 203. The van der Waals surface area contributed by atoms with Gasteiger partial charge in [-0.05, 0) is 24.7 Å². The van der Waals surface area contributed by atoms with Gasteiger partial charge in [-0.15, -0.1) is 0 Å². The third kappa shape index (κ3) is 2.27. The van der Waals surface area contributed by atoms with Gasteiger partial charge in [0, 0.05) is 6.04 Å². The second kappa shape index (κ2) is 4.30. The highest BCUT2D eigenvalue weighted by Gasteiger charge is 2.35. The van der Waals surface area contributed by atoms with Crippen LogP contribution in [0.15, 0.2) is 0 Å². The van der Waals surface area contributed by atoms with Crippen molar-refractivity contribution in [3.8, 4) is 0 Å². The van der Waals surface area contributed by atoms with E-state index in [0.717, 1.165) is 11.8 Å². The van der Waals surface area contributed by atoms with Gasteiger partial charge in [-0.1, -0.05) is 25.7 Å². The van der Waals surface area contributed by atoms with Gasteiger partial charge in [0.1, 0.15) is 0 Å². The minimum Gasteiger partial charge on any atom is -0.480 e. The summed E-state index contributed by atoms with van der Waals surface area (Å²) in [6.45, 7) is 0.129. The maximum absolute atomic E-state index is 10.4. The minimum absolute atomic E-state index is 0.129. The molecular formula is C11H19NO2.